The van der Waals surface area contributed by atoms with Gasteiger partial charge in [0, 0.05) is 17.8 Å². The van der Waals surface area contributed by atoms with Crippen LogP contribution in [0.1, 0.15) is 28.1 Å². The lowest BCUT2D eigenvalue weighted by molar-refractivity contribution is -0.137. The number of nitriles is 1. The maximum absolute atomic E-state index is 12.7. The van der Waals surface area contributed by atoms with Crippen molar-refractivity contribution in [2.45, 2.75) is 26.6 Å². The number of nitrogens with zero attached hydrogens (tertiary/aromatic N) is 2. The standard InChI is InChI=1S/C14H12F3N3O/c1-8-12(9(2)21-20-8)7-19-11-3-4-13(14(15,16)17)10(5-11)6-18/h3-5,19H,7H2,1-2H3. The van der Waals surface area contributed by atoms with Gasteiger partial charge < -0.3 is 9.84 Å². The van der Waals surface area contributed by atoms with Crippen molar-refractivity contribution in [3.05, 3.63) is 46.3 Å². The van der Waals surface area contributed by atoms with Crippen molar-refractivity contribution < 1.29 is 17.7 Å². The van der Waals surface area contributed by atoms with Gasteiger partial charge in [0.15, 0.2) is 0 Å². The molecule has 0 radical (unpaired) electrons. The number of hydrogen-bond donors (Lipinski definition) is 1. The maximum Gasteiger partial charge on any atom is 0.417 e. The lowest BCUT2D eigenvalue weighted by Gasteiger charge is -2.11. The molecule has 0 aliphatic heterocycles. The summed E-state index contributed by atoms with van der Waals surface area (Å²) in [7, 11) is 0. The molecule has 7 heteroatoms. The zero-order valence-corrected chi connectivity index (χ0v) is 11.4. The van der Waals surface area contributed by atoms with E-state index in [1.165, 1.54) is 12.1 Å². The Morgan fingerprint density at radius 3 is 2.57 bits per heavy atom. The molecule has 110 valence electrons. The Balaban J connectivity index is 2.21. The highest BCUT2D eigenvalue weighted by atomic mass is 19.4. The molecule has 0 aliphatic rings. The minimum Gasteiger partial charge on any atom is -0.381 e. The van der Waals surface area contributed by atoms with Gasteiger partial charge >= 0.3 is 6.18 Å². The fourth-order valence-electron chi connectivity index (χ4n) is 1.94. The van der Waals surface area contributed by atoms with Crippen LogP contribution in [0.3, 0.4) is 0 Å². The Morgan fingerprint density at radius 1 is 1.33 bits per heavy atom. The molecule has 0 saturated carbocycles. The van der Waals surface area contributed by atoms with Crippen molar-refractivity contribution in [3.63, 3.8) is 0 Å². The molecule has 21 heavy (non-hydrogen) atoms. The average molecular weight is 295 g/mol. The number of rotatable bonds is 3. The number of aryl methyl sites for hydroxylation is 2. The van der Waals surface area contributed by atoms with E-state index in [1.54, 1.807) is 19.9 Å². The van der Waals surface area contributed by atoms with E-state index in [0.717, 1.165) is 11.6 Å². The molecule has 1 heterocycles. The third kappa shape index (κ3) is 3.16. The van der Waals surface area contributed by atoms with Crippen LogP contribution < -0.4 is 5.32 Å². The van der Waals surface area contributed by atoms with Gasteiger partial charge in [0.05, 0.1) is 22.9 Å². The van der Waals surface area contributed by atoms with Gasteiger partial charge in [-0.3, -0.25) is 0 Å². The third-order valence-corrected chi connectivity index (χ3v) is 3.10. The topological polar surface area (TPSA) is 61.9 Å². The summed E-state index contributed by atoms with van der Waals surface area (Å²) in [5, 5.41) is 15.6. The number of benzene rings is 1. The van der Waals surface area contributed by atoms with Crippen LogP contribution in [-0.4, -0.2) is 5.16 Å². The molecule has 0 fully saturated rings. The Labute approximate surface area is 119 Å². The monoisotopic (exact) mass is 295 g/mol. The van der Waals surface area contributed by atoms with E-state index >= 15 is 0 Å². The van der Waals surface area contributed by atoms with Crippen molar-refractivity contribution >= 4 is 5.69 Å². The van der Waals surface area contributed by atoms with Gasteiger partial charge in [-0.25, -0.2) is 0 Å². The zero-order valence-electron chi connectivity index (χ0n) is 11.4. The van der Waals surface area contributed by atoms with Crippen LogP contribution in [-0.2, 0) is 12.7 Å². The number of hydrogen-bond acceptors (Lipinski definition) is 4. The quantitative estimate of drug-likeness (QED) is 0.935. The Hall–Kier alpha value is -2.49. The molecule has 0 unspecified atom stereocenters. The smallest absolute Gasteiger partial charge is 0.381 e. The molecular formula is C14H12F3N3O. The molecule has 0 saturated heterocycles. The molecule has 0 aliphatic carbocycles. The van der Waals surface area contributed by atoms with Crippen LogP contribution in [0.4, 0.5) is 18.9 Å². The van der Waals surface area contributed by atoms with Gasteiger partial charge in [-0.05, 0) is 32.0 Å². The molecular weight excluding hydrogens is 283 g/mol. The van der Waals surface area contributed by atoms with Crippen LogP contribution >= 0.6 is 0 Å². The second kappa shape index (κ2) is 5.48. The number of halogens is 3. The lowest BCUT2D eigenvalue weighted by atomic mass is 10.1. The van der Waals surface area contributed by atoms with E-state index in [9.17, 15) is 13.2 Å². The lowest BCUT2D eigenvalue weighted by Crippen LogP contribution is -2.09. The van der Waals surface area contributed by atoms with E-state index < -0.39 is 17.3 Å². The van der Waals surface area contributed by atoms with E-state index in [2.05, 4.69) is 10.5 Å². The fraction of sp³-hybridized carbons (Fsp3) is 0.286. The largest absolute Gasteiger partial charge is 0.417 e. The molecule has 2 rings (SSSR count). The van der Waals surface area contributed by atoms with Crippen molar-refractivity contribution in [1.82, 2.24) is 5.16 Å². The average Bonchev–Trinajstić information content (AvgIpc) is 2.74. The summed E-state index contributed by atoms with van der Waals surface area (Å²) >= 11 is 0. The minimum atomic E-state index is -4.54. The molecule has 0 bridgehead atoms. The maximum atomic E-state index is 12.7. The molecule has 1 N–H and O–H groups in total. The van der Waals surface area contributed by atoms with Crippen molar-refractivity contribution in [3.8, 4) is 6.07 Å². The molecule has 1 aromatic carbocycles. The molecule has 2 aromatic rings. The first-order valence-electron chi connectivity index (χ1n) is 6.10. The Morgan fingerprint density at radius 2 is 2.05 bits per heavy atom. The van der Waals surface area contributed by atoms with Crippen molar-refractivity contribution in [2.24, 2.45) is 0 Å². The van der Waals surface area contributed by atoms with E-state index in [-0.39, 0.29) is 0 Å². The fourth-order valence-corrected chi connectivity index (χ4v) is 1.94. The minimum absolute atomic E-state index is 0.359. The zero-order chi connectivity index (χ0) is 15.6. The first-order chi connectivity index (χ1) is 9.82. The van der Waals surface area contributed by atoms with Gasteiger partial charge in [0.2, 0.25) is 0 Å². The van der Waals surface area contributed by atoms with Crippen molar-refractivity contribution in [2.75, 3.05) is 5.32 Å². The summed E-state index contributed by atoms with van der Waals surface area (Å²) in [6.07, 6.45) is -4.54. The van der Waals surface area contributed by atoms with E-state index in [0.29, 0.717) is 23.7 Å². The first kappa shape index (κ1) is 14.9. The normalized spacial score (nSPS) is 11.2. The van der Waals surface area contributed by atoms with Crippen LogP contribution in [0.15, 0.2) is 22.7 Å². The van der Waals surface area contributed by atoms with Crippen LogP contribution in [0, 0.1) is 25.2 Å². The van der Waals surface area contributed by atoms with Gasteiger partial charge in [0.1, 0.15) is 5.76 Å². The van der Waals surface area contributed by atoms with E-state index in [4.69, 9.17) is 9.78 Å². The van der Waals surface area contributed by atoms with Crippen LogP contribution in [0.2, 0.25) is 0 Å². The molecule has 4 nitrogen and oxygen atoms in total. The predicted octanol–water partition coefficient (Wildman–Crippen LogP) is 3.79. The highest BCUT2D eigenvalue weighted by Gasteiger charge is 2.33. The highest BCUT2D eigenvalue weighted by Crippen LogP contribution is 2.33. The summed E-state index contributed by atoms with van der Waals surface area (Å²) in [5.74, 6) is 0.646. The molecule has 0 atom stereocenters. The van der Waals surface area contributed by atoms with Gasteiger partial charge in [-0.1, -0.05) is 5.16 Å². The van der Waals surface area contributed by atoms with E-state index in [1.807, 2.05) is 0 Å². The summed E-state index contributed by atoms with van der Waals surface area (Å²) in [5.41, 5.74) is 0.638. The predicted molar refractivity (Wildman–Crippen MR) is 69.5 cm³/mol. The summed E-state index contributed by atoms with van der Waals surface area (Å²) < 4.78 is 43.1. The number of aromatic nitrogens is 1. The SMILES string of the molecule is Cc1noc(C)c1CNc1ccc(C(F)(F)F)c(C#N)c1. The van der Waals surface area contributed by atoms with Crippen molar-refractivity contribution in [1.29, 1.82) is 5.26 Å². The van der Waals surface area contributed by atoms with Crippen LogP contribution in [0.25, 0.3) is 0 Å². The van der Waals surface area contributed by atoms with Gasteiger partial charge in [-0.15, -0.1) is 0 Å². The van der Waals surface area contributed by atoms with Crippen LogP contribution in [0.5, 0.6) is 0 Å². The number of anilines is 1. The molecule has 0 amide bonds. The second-order valence-corrected chi connectivity index (χ2v) is 4.53. The first-order valence-corrected chi connectivity index (χ1v) is 6.10. The Bertz CT molecular complexity index is 679. The summed E-state index contributed by atoms with van der Waals surface area (Å²) in [6, 6.07) is 4.94. The third-order valence-electron chi connectivity index (χ3n) is 3.10. The number of alkyl halides is 3. The van der Waals surface area contributed by atoms with Gasteiger partial charge in [-0.2, -0.15) is 18.4 Å². The number of nitrogens with one attached hydrogen (secondary N) is 1. The molecule has 1 aromatic heterocycles. The second-order valence-electron chi connectivity index (χ2n) is 4.53. The Kier molecular flexibility index (Phi) is 3.89. The summed E-state index contributed by atoms with van der Waals surface area (Å²) in [6.45, 7) is 3.89. The van der Waals surface area contributed by atoms with Gasteiger partial charge in [0.25, 0.3) is 0 Å². The summed E-state index contributed by atoms with van der Waals surface area (Å²) in [4.78, 5) is 0. The highest BCUT2D eigenvalue weighted by molar-refractivity contribution is 5.54. The molecule has 0 spiro atoms.